The zero-order valence-corrected chi connectivity index (χ0v) is 18.3. The van der Waals surface area contributed by atoms with Gasteiger partial charge < -0.3 is 9.47 Å². The van der Waals surface area contributed by atoms with E-state index in [4.69, 9.17) is 0 Å². The van der Waals surface area contributed by atoms with E-state index in [0.29, 0.717) is 23.3 Å². The van der Waals surface area contributed by atoms with Crippen molar-refractivity contribution in [2.75, 3.05) is 25.4 Å². The monoisotopic (exact) mass is 414 g/mol. The van der Waals surface area contributed by atoms with E-state index in [9.17, 15) is 13.2 Å². The Hall–Kier alpha value is -1.92. The number of benzene rings is 1. The number of pyridine rings is 1. The standard InChI is InChI=1S/C23H30N2O3S/c1-23(2,3)19-7-9-20(10-8-19)29(27,28)12-11-24-14-17-13-18(16-24)21-5-4-6-22(26)25(21)15-17/h4-10,17-18H,11-16H2,1-3H3/t17-,18-/m0/s1. The number of nitrogens with zero attached hydrogens (tertiary/aromatic N) is 2. The van der Waals surface area contributed by atoms with Crippen molar-refractivity contribution in [2.24, 2.45) is 5.92 Å². The topological polar surface area (TPSA) is 59.4 Å². The summed E-state index contributed by atoms with van der Waals surface area (Å²) in [5, 5.41) is 0. The van der Waals surface area contributed by atoms with E-state index in [1.165, 1.54) is 0 Å². The summed E-state index contributed by atoms with van der Waals surface area (Å²) < 4.78 is 27.6. The summed E-state index contributed by atoms with van der Waals surface area (Å²) in [7, 11) is -3.31. The molecule has 1 fully saturated rings. The molecule has 156 valence electrons. The van der Waals surface area contributed by atoms with Gasteiger partial charge in [-0.2, -0.15) is 0 Å². The first kappa shape index (κ1) is 20.4. The zero-order chi connectivity index (χ0) is 20.8. The Morgan fingerprint density at radius 1 is 1.00 bits per heavy atom. The lowest BCUT2D eigenvalue weighted by molar-refractivity contribution is 0.126. The summed E-state index contributed by atoms with van der Waals surface area (Å²) in [6.45, 7) is 9.31. The molecule has 6 heteroatoms. The van der Waals surface area contributed by atoms with Crippen molar-refractivity contribution >= 4 is 9.84 Å². The van der Waals surface area contributed by atoms with Crippen LogP contribution in [-0.2, 0) is 21.8 Å². The average molecular weight is 415 g/mol. The molecule has 1 aromatic carbocycles. The molecule has 5 nitrogen and oxygen atoms in total. The molecule has 2 aliphatic rings. The Morgan fingerprint density at radius 3 is 2.41 bits per heavy atom. The molecular weight excluding hydrogens is 384 g/mol. The minimum absolute atomic E-state index is 0.00609. The van der Waals surface area contributed by atoms with E-state index in [-0.39, 0.29) is 16.7 Å². The first-order chi connectivity index (χ1) is 13.6. The summed E-state index contributed by atoms with van der Waals surface area (Å²) in [6.07, 6.45) is 1.08. The maximum atomic E-state index is 12.9. The third kappa shape index (κ3) is 4.19. The van der Waals surface area contributed by atoms with Crippen LogP contribution < -0.4 is 5.56 Å². The van der Waals surface area contributed by atoms with Gasteiger partial charge in [-0.15, -0.1) is 0 Å². The van der Waals surface area contributed by atoms with Crippen LogP contribution in [0.1, 0.15) is 44.4 Å². The van der Waals surface area contributed by atoms with Crippen molar-refractivity contribution in [1.82, 2.24) is 9.47 Å². The molecule has 0 aliphatic carbocycles. The number of fused-ring (bicyclic) bond motifs is 4. The predicted octanol–water partition coefficient (Wildman–Crippen LogP) is 3.04. The van der Waals surface area contributed by atoms with Crippen molar-refractivity contribution in [2.45, 2.75) is 50.0 Å². The number of hydrogen-bond donors (Lipinski definition) is 0. The van der Waals surface area contributed by atoms with Crippen LogP contribution in [0, 0.1) is 5.92 Å². The Morgan fingerprint density at radius 2 is 1.72 bits per heavy atom. The zero-order valence-electron chi connectivity index (χ0n) is 17.5. The molecule has 2 aliphatic heterocycles. The summed E-state index contributed by atoms with van der Waals surface area (Å²) in [5.41, 5.74) is 2.31. The van der Waals surface area contributed by atoms with Gasteiger partial charge in [-0.1, -0.05) is 39.0 Å². The van der Waals surface area contributed by atoms with E-state index < -0.39 is 9.84 Å². The normalized spacial score (nSPS) is 22.3. The van der Waals surface area contributed by atoms with Gasteiger partial charge in [-0.05, 0) is 41.5 Å². The van der Waals surface area contributed by atoms with Gasteiger partial charge in [0.1, 0.15) is 0 Å². The molecule has 4 rings (SSSR count). The van der Waals surface area contributed by atoms with E-state index in [2.05, 4.69) is 25.7 Å². The third-order valence-corrected chi connectivity index (χ3v) is 8.02. The number of rotatable bonds is 4. The van der Waals surface area contributed by atoms with Crippen molar-refractivity contribution in [3.63, 3.8) is 0 Å². The summed E-state index contributed by atoms with van der Waals surface area (Å²) in [5.74, 6) is 0.850. The van der Waals surface area contributed by atoms with Gasteiger partial charge in [0.25, 0.3) is 5.56 Å². The first-order valence-electron chi connectivity index (χ1n) is 10.4. The van der Waals surface area contributed by atoms with Gasteiger partial charge in [-0.3, -0.25) is 4.79 Å². The number of piperidine rings is 1. The molecule has 0 radical (unpaired) electrons. The summed E-state index contributed by atoms with van der Waals surface area (Å²) in [6, 6.07) is 12.8. The van der Waals surface area contributed by atoms with Crippen LogP contribution in [0.3, 0.4) is 0 Å². The maximum Gasteiger partial charge on any atom is 0.250 e. The molecule has 0 saturated carbocycles. The molecule has 3 heterocycles. The highest BCUT2D eigenvalue weighted by molar-refractivity contribution is 7.91. The van der Waals surface area contributed by atoms with Gasteiger partial charge in [0.2, 0.25) is 0 Å². The smallest absolute Gasteiger partial charge is 0.250 e. The quantitative estimate of drug-likeness (QED) is 0.772. The number of hydrogen-bond acceptors (Lipinski definition) is 4. The van der Waals surface area contributed by atoms with E-state index in [1.807, 2.05) is 28.8 Å². The molecule has 0 spiro atoms. The Kier molecular flexibility index (Phi) is 5.20. The predicted molar refractivity (Wildman–Crippen MR) is 115 cm³/mol. The van der Waals surface area contributed by atoms with Crippen LogP contribution >= 0.6 is 0 Å². The van der Waals surface area contributed by atoms with E-state index in [1.54, 1.807) is 18.2 Å². The van der Waals surface area contributed by atoms with Gasteiger partial charge in [0.15, 0.2) is 9.84 Å². The highest BCUT2D eigenvalue weighted by atomic mass is 32.2. The molecule has 2 bridgehead atoms. The van der Waals surface area contributed by atoms with Gasteiger partial charge >= 0.3 is 0 Å². The lowest BCUT2D eigenvalue weighted by Gasteiger charge is -2.42. The van der Waals surface area contributed by atoms with Crippen molar-refractivity contribution in [1.29, 1.82) is 0 Å². The van der Waals surface area contributed by atoms with Crippen LogP contribution in [0.25, 0.3) is 0 Å². The van der Waals surface area contributed by atoms with Gasteiger partial charge in [0, 0.05) is 43.9 Å². The lowest BCUT2D eigenvalue weighted by atomic mass is 9.83. The molecule has 1 saturated heterocycles. The van der Waals surface area contributed by atoms with Crippen molar-refractivity contribution < 1.29 is 8.42 Å². The minimum atomic E-state index is -3.31. The Bertz CT molecular complexity index is 1050. The largest absolute Gasteiger partial charge is 0.312 e. The fourth-order valence-corrected chi connectivity index (χ4v) is 5.99. The lowest BCUT2D eigenvalue weighted by Crippen LogP contribution is -2.48. The van der Waals surface area contributed by atoms with Gasteiger partial charge in [-0.25, -0.2) is 8.42 Å². The van der Waals surface area contributed by atoms with Crippen LogP contribution in [0.2, 0.25) is 0 Å². The van der Waals surface area contributed by atoms with Crippen LogP contribution in [0.4, 0.5) is 0 Å². The third-order valence-electron chi connectivity index (χ3n) is 6.31. The first-order valence-corrected chi connectivity index (χ1v) is 12.0. The molecule has 0 unspecified atom stereocenters. The van der Waals surface area contributed by atoms with Crippen molar-refractivity contribution in [3.8, 4) is 0 Å². The molecular formula is C23H30N2O3S. The number of aromatic nitrogens is 1. The average Bonchev–Trinajstić information content (AvgIpc) is 2.67. The second-order valence-electron chi connectivity index (χ2n) is 9.55. The van der Waals surface area contributed by atoms with Gasteiger partial charge in [0.05, 0.1) is 10.6 Å². The molecule has 2 aromatic rings. The fourth-order valence-electron chi connectivity index (χ4n) is 4.71. The second-order valence-corrected chi connectivity index (χ2v) is 11.7. The Labute approximate surface area is 173 Å². The van der Waals surface area contributed by atoms with Crippen LogP contribution in [0.15, 0.2) is 52.2 Å². The summed E-state index contributed by atoms with van der Waals surface area (Å²) >= 11 is 0. The van der Waals surface area contributed by atoms with E-state index in [0.717, 1.165) is 37.3 Å². The maximum absolute atomic E-state index is 12.9. The highest BCUT2D eigenvalue weighted by Crippen LogP contribution is 2.35. The molecule has 0 amide bonds. The fraction of sp³-hybridized carbons (Fsp3) is 0.522. The number of likely N-dealkylation sites (tertiary alicyclic amines) is 1. The van der Waals surface area contributed by atoms with E-state index >= 15 is 0 Å². The molecule has 0 N–H and O–H groups in total. The SMILES string of the molecule is CC(C)(C)c1ccc(S(=O)(=O)CCN2C[C@@H]3C[C@@H](C2)c2cccc(=O)n2C3)cc1. The molecule has 29 heavy (non-hydrogen) atoms. The minimum Gasteiger partial charge on any atom is -0.312 e. The number of sulfone groups is 1. The van der Waals surface area contributed by atoms with Crippen molar-refractivity contribution in [3.05, 3.63) is 64.1 Å². The highest BCUT2D eigenvalue weighted by Gasteiger charge is 2.34. The van der Waals surface area contributed by atoms with Crippen LogP contribution in [0.5, 0.6) is 0 Å². The summed E-state index contributed by atoms with van der Waals surface area (Å²) in [4.78, 5) is 14.8. The molecule has 1 aromatic heterocycles. The Balaban J connectivity index is 1.44. The molecule has 2 atom stereocenters. The second kappa shape index (κ2) is 7.40. The van der Waals surface area contributed by atoms with Crippen LogP contribution in [-0.4, -0.2) is 43.3 Å².